The van der Waals surface area contributed by atoms with Crippen LogP contribution >= 0.6 is 0 Å². The van der Waals surface area contributed by atoms with E-state index in [2.05, 4.69) is 18.9 Å². The molecule has 1 aromatic rings. The maximum atomic E-state index is 10.4. The first kappa shape index (κ1) is 12.0. The van der Waals surface area contributed by atoms with E-state index in [4.69, 9.17) is 4.42 Å². The van der Waals surface area contributed by atoms with Gasteiger partial charge in [-0.05, 0) is 32.1 Å². The van der Waals surface area contributed by atoms with Crippen LogP contribution in [0.25, 0.3) is 0 Å². The van der Waals surface area contributed by atoms with Crippen LogP contribution in [0, 0.1) is 0 Å². The quantitative estimate of drug-likeness (QED) is 0.511. The van der Waals surface area contributed by atoms with E-state index in [9.17, 15) is 4.79 Å². The highest BCUT2D eigenvalue weighted by molar-refractivity contribution is 5.70. The van der Waals surface area contributed by atoms with E-state index in [1.165, 1.54) is 19.3 Å². The van der Waals surface area contributed by atoms with E-state index in [0.717, 1.165) is 25.1 Å². The Morgan fingerprint density at radius 3 is 2.80 bits per heavy atom. The minimum atomic E-state index is 0.409. The summed E-state index contributed by atoms with van der Waals surface area (Å²) in [6.45, 7) is 4.05. The van der Waals surface area contributed by atoms with Crippen molar-refractivity contribution in [3.8, 4) is 0 Å². The Balaban J connectivity index is 2.30. The van der Waals surface area contributed by atoms with Crippen LogP contribution in [0.1, 0.15) is 42.5 Å². The van der Waals surface area contributed by atoms with Crippen LogP contribution < -0.4 is 0 Å². The van der Waals surface area contributed by atoms with Gasteiger partial charge in [0.15, 0.2) is 12.0 Å². The number of rotatable bonds is 7. The number of hydrogen-bond acceptors (Lipinski definition) is 3. The van der Waals surface area contributed by atoms with Crippen LogP contribution in [0.2, 0.25) is 0 Å². The molecule has 84 valence electrons. The van der Waals surface area contributed by atoms with Crippen LogP contribution in [-0.4, -0.2) is 24.8 Å². The van der Waals surface area contributed by atoms with Crippen molar-refractivity contribution in [2.45, 2.75) is 32.7 Å². The van der Waals surface area contributed by atoms with Gasteiger partial charge in [0.1, 0.15) is 5.76 Å². The molecule has 0 radical (unpaired) electrons. The third-order valence-corrected chi connectivity index (χ3v) is 2.37. The summed E-state index contributed by atoms with van der Waals surface area (Å²) in [7, 11) is 2.07. The molecule has 0 fully saturated rings. The average molecular weight is 209 g/mol. The smallest absolute Gasteiger partial charge is 0.185 e. The molecule has 1 heterocycles. The topological polar surface area (TPSA) is 33.5 Å². The van der Waals surface area contributed by atoms with Crippen molar-refractivity contribution in [3.63, 3.8) is 0 Å². The van der Waals surface area contributed by atoms with Crippen LogP contribution in [0.4, 0.5) is 0 Å². The molecule has 15 heavy (non-hydrogen) atoms. The second kappa shape index (κ2) is 6.40. The predicted molar refractivity (Wildman–Crippen MR) is 60.0 cm³/mol. The number of furan rings is 1. The molecule has 0 amide bonds. The highest BCUT2D eigenvalue weighted by atomic mass is 16.3. The Bertz CT molecular complexity index is 294. The second-order valence-electron chi connectivity index (χ2n) is 3.87. The molecule has 0 saturated heterocycles. The fourth-order valence-corrected chi connectivity index (χ4v) is 1.52. The Hall–Kier alpha value is -1.09. The highest BCUT2D eigenvalue weighted by Crippen LogP contribution is 2.08. The van der Waals surface area contributed by atoms with Gasteiger partial charge in [-0.1, -0.05) is 19.8 Å². The molecule has 1 rings (SSSR count). The van der Waals surface area contributed by atoms with E-state index in [-0.39, 0.29) is 0 Å². The van der Waals surface area contributed by atoms with Gasteiger partial charge in [-0.25, -0.2) is 0 Å². The lowest BCUT2D eigenvalue weighted by atomic mass is 10.2. The number of carbonyl (C=O) groups is 1. The zero-order valence-corrected chi connectivity index (χ0v) is 9.53. The largest absolute Gasteiger partial charge is 0.457 e. The van der Waals surface area contributed by atoms with Gasteiger partial charge in [0.2, 0.25) is 0 Å². The van der Waals surface area contributed by atoms with E-state index in [1.807, 2.05) is 6.07 Å². The van der Waals surface area contributed by atoms with Crippen molar-refractivity contribution in [1.82, 2.24) is 4.90 Å². The maximum absolute atomic E-state index is 10.4. The van der Waals surface area contributed by atoms with Gasteiger partial charge in [-0.2, -0.15) is 0 Å². The van der Waals surface area contributed by atoms with E-state index in [0.29, 0.717) is 5.76 Å². The molecule has 0 bridgehead atoms. The molecule has 1 aromatic heterocycles. The van der Waals surface area contributed by atoms with Crippen molar-refractivity contribution >= 4 is 6.29 Å². The summed E-state index contributed by atoms with van der Waals surface area (Å²) in [5.41, 5.74) is 0. The average Bonchev–Trinajstić information content (AvgIpc) is 2.66. The van der Waals surface area contributed by atoms with Gasteiger partial charge in [0, 0.05) is 0 Å². The van der Waals surface area contributed by atoms with Gasteiger partial charge in [0.25, 0.3) is 0 Å². The second-order valence-corrected chi connectivity index (χ2v) is 3.87. The first-order chi connectivity index (χ1) is 7.26. The van der Waals surface area contributed by atoms with Gasteiger partial charge >= 0.3 is 0 Å². The zero-order chi connectivity index (χ0) is 11.1. The zero-order valence-electron chi connectivity index (χ0n) is 9.53. The molecule has 0 N–H and O–H groups in total. The molecular formula is C12H19NO2. The Kier molecular flexibility index (Phi) is 5.12. The third-order valence-electron chi connectivity index (χ3n) is 2.37. The molecule has 0 saturated carbocycles. The number of unbranched alkanes of at least 4 members (excludes halogenated alkanes) is 2. The maximum Gasteiger partial charge on any atom is 0.185 e. The fraction of sp³-hybridized carbons (Fsp3) is 0.583. The minimum absolute atomic E-state index is 0.409. The van der Waals surface area contributed by atoms with Gasteiger partial charge < -0.3 is 4.42 Å². The summed E-state index contributed by atoms with van der Waals surface area (Å²) in [5, 5.41) is 0. The van der Waals surface area contributed by atoms with Crippen LogP contribution in [-0.2, 0) is 6.54 Å². The molecule has 3 nitrogen and oxygen atoms in total. The first-order valence-electron chi connectivity index (χ1n) is 5.48. The van der Waals surface area contributed by atoms with Crippen molar-refractivity contribution in [3.05, 3.63) is 23.7 Å². The van der Waals surface area contributed by atoms with Crippen LogP contribution in [0.15, 0.2) is 16.5 Å². The fourth-order valence-electron chi connectivity index (χ4n) is 1.52. The van der Waals surface area contributed by atoms with Gasteiger partial charge in [-0.3, -0.25) is 9.69 Å². The Morgan fingerprint density at radius 2 is 2.20 bits per heavy atom. The molecule has 3 heteroatoms. The number of carbonyl (C=O) groups excluding carboxylic acids is 1. The molecule has 0 aliphatic carbocycles. The molecule has 0 aliphatic heterocycles. The summed E-state index contributed by atoms with van der Waals surface area (Å²) in [6, 6.07) is 3.57. The lowest BCUT2D eigenvalue weighted by Gasteiger charge is -2.14. The molecular weight excluding hydrogens is 190 g/mol. The van der Waals surface area contributed by atoms with Crippen LogP contribution in [0.5, 0.6) is 0 Å². The molecule has 0 atom stereocenters. The molecule has 0 unspecified atom stereocenters. The summed E-state index contributed by atoms with van der Waals surface area (Å²) >= 11 is 0. The summed E-state index contributed by atoms with van der Waals surface area (Å²) in [5.74, 6) is 1.27. The third kappa shape index (κ3) is 4.30. The van der Waals surface area contributed by atoms with Crippen LogP contribution in [0.3, 0.4) is 0 Å². The standard InChI is InChI=1S/C12H19NO2/c1-3-4-5-8-13(2)9-11-6-7-12(10-14)15-11/h6-7,10H,3-5,8-9H2,1-2H3. The normalized spacial score (nSPS) is 10.9. The summed E-state index contributed by atoms with van der Waals surface area (Å²) in [6.07, 6.45) is 4.46. The summed E-state index contributed by atoms with van der Waals surface area (Å²) < 4.78 is 5.30. The van der Waals surface area contributed by atoms with Crippen molar-refractivity contribution in [1.29, 1.82) is 0 Å². The SMILES string of the molecule is CCCCCN(C)Cc1ccc(C=O)o1. The summed E-state index contributed by atoms with van der Waals surface area (Å²) in [4.78, 5) is 12.6. The van der Waals surface area contributed by atoms with Gasteiger partial charge in [0.05, 0.1) is 6.54 Å². The molecule has 0 aromatic carbocycles. The van der Waals surface area contributed by atoms with Crippen molar-refractivity contribution in [2.24, 2.45) is 0 Å². The minimum Gasteiger partial charge on any atom is -0.457 e. The Labute approximate surface area is 91.1 Å². The Morgan fingerprint density at radius 1 is 1.40 bits per heavy atom. The van der Waals surface area contributed by atoms with Crippen molar-refractivity contribution in [2.75, 3.05) is 13.6 Å². The number of aldehydes is 1. The monoisotopic (exact) mass is 209 g/mol. The van der Waals surface area contributed by atoms with E-state index in [1.54, 1.807) is 6.07 Å². The van der Waals surface area contributed by atoms with Crippen molar-refractivity contribution < 1.29 is 9.21 Å². The predicted octanol–water partition coefficient (Wildman–Crippen LogP) is 2.71. The van der Waals surface area contributed by atoms with Gasteiger partial charge in [-0.15, -0.1) is 0 Å². The number of hydrogen-bond donors (Lipinski definition) is 0. The highest BCUT2D eigenvalue weighted by Gasteiger charge is 2.04. The molecule has 0 spiro atoms. The molecule has 0 aliphatic rings. The lowest BCUT2D eigenvalue weighted by molar-refractivity contribution is 0.109. The van der Waals surface area contributed by atoms with E-state index < -0.39 is 0 Å². The van der Waals surface area contributed by atoms with E-state index >= 15 is 0 Å². The lowest BCUT2D eigenvalue weighted by Crippen LogP contribution is -2.18. The number of nitrogens with zero attached hydrogens (tertiary/aromatic N) is 1. The first-order valence-corrected chi connectivity index (χ1v) is 5.48.